The van der Waals surface area contributed by atoms with E-state index < -0.39 is 12.0 Å². The minimum atomic E-state index is -0.870. The van der Waals surface area contributed by atoms with Gasteiger partial charge in [-0.1, -0.05) is 6.07 Å². The van der Waals surface area contributed by atoms with Crippen molar-refractivity contribution in [3.63, 3.8) is 0 Å². The van der Waals surface area contributed by atoms with E-state index in [1.807, 2.05) is 23.0 Å². The zero-order valence-corrected chi connectivity index (χ0v) is 15.8. The molecule has 25 heavy (non-hydrogen) atoms. The zero-order chi connectivity index (χ0) is 18.0. The van der Waals surface area contributed by atoms with Crippen molar-refractivity contribution in [2.24, 2.45) is 5.92 Å². The van der Waals surface area contributed by atoms with Crippen molar-refractivity contribution in [2.75, 3.05) is 25.1 Å². The van der Waals surface area contributed by atoms with E-state index in [4.69, 9.17) is 12.2 Å². The van der Waals surface area contributed by atoms with Crippen LogP contribution in [0.15, 0.2) is 23.0 Å². The number of thioether (sulfide) groups is 1. The van der Waals surface area contributed by atoms with Gasteiger partial charge in [0.05, 0.1) is 0 Å². The normalized spacial score (nSPS) is 22.8. The second-order valence-corrected chi connectivity index (χ2v) is 8.10. The molecule has 2 unspecified atom stereocenters. The van der Waals surface area contributed by atoms with Gasteiger partial charge in [-0.25, -0.2) is 4.79 Å². The van der Waals surface area contributed by atoms with Gasteiger partial charge in [0, 0.05) is 37.3 Å². The predicted molar refractivity (Wildman–Crippen MR) is 103 cm³/mol. The first-order chi connectivity index (χ1) is 12.0. The largest absolute Gasteiger partial charge is 0.480 e. The van der Waals surface area contributed by atoms with Crippen LogP contribution in [0, 0.1) is 5.92 Å². The van der Waals surface area contributed by atoms with Crippen molar-refractivity contribution in [3.05, 3.63) is 34.2 Å². The Hall–Kier alpha value is -1.54. The number of aromatic nitrogens is 1. The quantitative estimate of drug-likeness (QED) is 0.746. The summed E-state index contributed by atoms with van der Waals surface area (Å²) >= 11 is 7.12. The smallest absolute Gasteiger partial charge is 0.326 e. The zero-order valence-electron chi connectivity index (χ0n) is 14.2. The molecule has 1 aromatic rings. The molecule has 2 aliphatic rings. The minimum absolute atomic E-state index is 0.0596. The summed E-state index contributed by atoms with van der Waals surface area (Å²) in [5.74, 6) is 0.524. The molecular weight excluding hydrogens is 358 g/mol. The third-order valence-corrected chi connectivity index (χ3v) is 5.99. The summed E-state index contributed by atoms with van der Waals surface area (Å²) < 4.78 is 1.88. The molecule has 0 radical (unpaired) electrons. The van der Waals surface area contributed by atoms with Crippen molar-refractivity contribution in [3.8, 4) is 0 Å². The van der Waals surface area contributed by atoms with Gasteiger partial charge in [-0.3, -0.25) is 4.79 Å². The summed E-state index contributed by atoms with van der Waals surface area (Å²) in [4.78, 5) is 25.6. The highest BCUT2D eigenvalue weighted by Crippen LogP contribution is 2.34. The molecule has 3 atom stereocenters. The van der Waals surface area contributed by atoms with Crippen LogP contribution in [-0.2, 0) is 11.3 Å². The van der Waals surface area contributed by atoms with Crippen molar-refractivity contribution in [2.45, 2.75) is 31.3 Å². The predicted octanol–water partition coefficient (Wildman–Crippen LogP) is 1.35. The van der Waals surface area contributed by atoms with Crippen LogP contribution >= 0.6 is 24.0 Å². The van der Waals surface area contributed by atoms with E-state index in [1.165, 1.54) is 0 Å². The van der Waals surface area contributed by atoms with Crippen LogP contribution < -0.4 is 10.9 Å². The Balaban J connectivity index is 1.70. The Morgan fingerprint density at radius 3 is 2.96 bits per heavy atom. The van der Waals surface area contributed by atoms with Gasteiger partial charge in [-0.15, -0.1) is 0 Å². The van der Waals surface area contributed by atoms with E-state index in [9.17, 15) is 14.7 Å². The van der Waals surface area contributed by atoms with Gasteiger partial charge < -0.3 is 19.9 Å². The minimum Gasteiger partial charge on any atom is -0.480 e. The third kappa shape index (κ3) is 4.00. The number of fused-ring (bicyclic) bond motifs is 4. The van der Waals surface area contributed by atoms with Gasteiger partial charge >= 0.3 is 5.97 Å². The molecule has 1 saturated heterocycles. The van der Waals surface area contributed by atoms with Crippen LogP contribution in [0.25, 0.3) is 0 Å². The molecule has 8 heteroatoms. The van der Waals surface area contributed by atoms with Crippen LogP contribution in [-0.4, -0.2) is 56.8 Å². The third-order valence-electron chi connectivity index (χ3n) is 4.97. The Morgan fingerprint density at radius 2 is 2.24 bits per heavy atom. The molecule has 0 aliphatic carbocycles. The molecule has 0 saturated carbocycles. The lowest BCUT2D eigenvalue weighted by atomic mass is 9.83. The topological polar surface area (TPSA) is 74.6 Å². The number of rotatable bonds is 5. The fourth-order valence-corrected chi connectivity index (χ4v) is 4.56. The van der Waals surface area contributed by atoms with Gasteiger partial charge in [0.25, 0.3) is 5.56 Å². The highest BCUT2D eigenvalue weighted by molar-refractivity contribution is 7.98. The first-order valence-electron chi connectivity index (χ1n) is 8.46. The number of hydrogen-bond donors (Lipinski definition) is 2. The number of piperidine rings is 1. The van der Waals surface area contributed by atoms with Crippen molar-refractivity contribution < 1.29 is 9.90 Å². The summed E-state index contributed by atoms with van der Waals surface area (Å²) in [5.41, 5.74) is 1.12. The molecule has 3 heterocycles. The molecule has 1 fully saturated rings. The number of likely N-dealkylation sites (tertiary alicyclic amines) is 1. The lowest BCUT2D eigenvalue weighted by molar-refractivity contribution is -0.139. The fourth-order valence-electron chi connectivity index (χ4n) is 3.80. The van der Waals surface area contributed by atoms with Crippen LogP contribution in [0.1, 0.15) is 24.5 Å². The SMILES string of the molecule is CSCCC(NC(=S)N1CC2C[C@@H](C1)Cn1c2cccc1=O)C(=O)O. The highest BCUT2D eigenvalue weighted by atomic mass is 32.2. The lowest BCUT2D eigenvalue weighted by Crippen LogP contribution is -2.54. The summed E-state index contributed by atoms with van der Waals surface area (Å²) in [6.07, 6.45) is 3.55. The second-order valence-electron chi connectivity index (χ2n) is 6.72. The summed E-state index contributed by atoms with van der Waals surface area (Å²) in [7, 11) is 0. The van der Waals surface area contributed by atoms with Crippen molar-refractivity contribution in [1.82, 2.24) is 14.8 Å². The molecule has 2 bridgehead atoms. The number of nitrogens with one attached hydrogen (secondary N) is 1. The monoisotopic (exact) mass is 381 g/mol. The van der Waals surface area contributed by atoms with E-state index in [2.05, 4.69) is 10.2 Å². The molecular formula is C17H23N3O3S2. The molecule has 1 aromatic heterocycles. The Morgan fingerprint density at radius 1 is 1.44 bits per heavy atom. The summed E-state index contributed by atoms with van der Waals surface area (Å²) in [5, 5.41) is 12.9. The average Bonchev–Trinajstić information content (AvgIpc) is 2.59. The van der Waals surface area contributed by atoms with E-state index >= 15 is 0 Å². The molecule has 0 aromatic carbocycles. The Kier molecular flexibility index (Phi) is 5.68. The first-order valence-corrected chi connectivity index (χ1v) is 10.3. The summed E-state index contributed by atoms with van der Waals surface area (Å²) in [6.45, 7) is 2.19. The van der Waals surface area contributed by atoms with Gasteiger partial charge in [0.1, 0.15) is 6.04 Å². The number of pyridine rings is 1. The number of aliphatic carboxylic acids is 1. The molecule has 0 amide bonds. The van der Waals surface area contributed by atoms with Crippen LogP contribution in [0.3, 0.4) is 0 Å². The van der Waals surface area contributed by atoms with Crippen LogP contribution in [0.5, 0.6) is 0 Å². The van der Waals surface area contributed by atoms with Crippen LogP contribution in [0.4, 0.5) is 0 Å². The van der Waals surface area contributed by atoms with Gasteiger partial charge in [0.2, 0.25) is 0 Å². The van der Waals surface area contributed by atoms with E-state index in [0.29, 0.717) is 24.0 Å². The molecule has 2 N–H and O–H groups in total. The standard InChI is InChI=1S/C17H23N3O3S2/c1-25-6-5-13(16(22)23)18-17(24)19-8-11-7-12(10-19)14-3-2-4-15(21)20(14)9-11/h2-4,11-13H,5-10H2,1H3,(H,18,24)(H,22,23)/t11-,12?,13?/m0/s1. The van der Waals surface area contributed by atoms with Gasteiger partial charge in [0.15, 0.2) is 5.11 Å². The number of thiocarbonyl (C=S) groups is 1. The van der Waals surface area contributed by atoms with E-state index in [-0.39, 0.29) is 11.5 Å². The number of nitrogens with zero attached hydrogens (tertiary/aromatic N) is 2. The average molecular weight is 382 g/mol. The number of carboxylic acid groups (broad SMARTS) is 1. The maximum atomic E-state index is 12.1. The number of carbonyl (C=O) groups is 1. The lowest BCUT2D eigenvalue weighted by Gasteiger charge is -2.44. The number of hydrogen-bond acceptors (Lipinski definition) is 4. The van der Waals surface area contributed by atoms with Gasteiger partial charge in [-0.05, 0) is 49.1 Å². The van der Waals surface area contributed by atoms with Gasteiger partial charge in [-0.2, -0.15) is 11.8 Å². The Labute approximate surface area is 156 Å². The Bertz CT molecular complexity index is 721. The van der Waals surface area contributed by atoms with Crippen LogP contribution in [0.2, 0.25) is 0 Å². The molecule has 6 nitrogen and oxygen atoms in total. The maximum Gasteiger partial charge on any atom is 0.326 e. The summed E-state index contributed by atoms with van der Waals surface area (Å²) in [6, 6.07) is 4.78. The van der Waals surface area contributed by atoms with Crippen molar-refractivity contribution >= 4 is 35.1 Å². The second kappa shape index (κ2) is 7.78. The fraction of sp³-hybridized carbons (Fsp3) is 0.588. The highest BCUT2D eigenvalue weighted by Gasteiger charge is 2.35. The molecule has 136 valence electrons. The first kappa shape index (κ1) is 18.3. The van der Waals surface area contributed by atoms with Crippen molar-refractivity contribution in [1.29, 1.82) is 0 Å². The molecule has 0 spiro atoms. The number of carboxylic acids is 1. The molecule has 3 rings (SSSR count). The maximum absolute atomic E-state index is 12.1. The van der Waals surface area contributed by atoms with E-state index in [1.54, 1.807) is 17.8 Å². The molecule has 2 aliphatic heterocycles. The van der Waals surface area contributed by atoms with E-state index in [0.717, 1.165) is 31.0 Å².